The van der Waals surface area contributed by atoms with Crippen molar-refractivity contribution in [2.24, 2.45) is 0 Å². The summed E-state index contributed by atoms with van der Waals surface area (Å²) in [5, 5.41) is 2.67. The van der Waals surface area contributed by atoms with Crippen molar-refractivity contribution in [2.45, 2.75) is 0 Å². The molecule has 2 aliphatic heterocycles. The number of carbonyl (C=O) groups is 1. The van der Waals surface area contributed by atoms with Crippen molar-refractivity contribution in [3.05, 3.63) is 24.3 Å². The molecule has 1 aromatic carbocycles. The Balaban J connectivity index is 1.66. The highest BCUT2D eigenvalue weighted by molar-refractivity contribution is 5.83. The standard InChI is InChI=1S/C19H22N8O3/c28-13-20-16-21-14-3-1-2-4-15(14)27(16)19-23-17(25-5-9-29-10-6-25)22-18(24-19)26-7-11-30-12-8-26/h1-4,13H,5-12H2,(H,20,21,28). The van der Waals surface area contributed by atoms with Gasteiger partial charge in [-0.05, 0) is 12.1 Å². The molecule has 156 valence electrons. The maximum atomic E-state index is 11.2. The molecule has 2 aliphatic rings. The van der Waals surface area contributed by atoms with E-state index in [1.807, 2.05) is 24.3 Å². The Bertz CT molecular complexity index is 1010. The van der Waals surface area contributed by atoms with Crippen LogP contribution in [0.1, 0.15) is 0 Å². The number of anilines is 3. The van der Waals surface area contributed by atoms with Crippen molar-refractivity contribution in [1.29, 1.82) is 0 Å². The number of para-hydroxylation sites is 2. The molecule has 0 unspecified atom stereocenters. The van der Waals surface area contributed by atoms with E-state index < -0.39 is 0 Å². The van der Waals surface area contributed by atoms with E-state index in [4.69, 9.17) is 24.4 Å². The third kappa shape index (κ3) is 3.53. The first-order chi connectivity index (χ1) is 14.8. The lowest BCUT2D eigenvalue weighted by molar-refractivity contribution is -0.105. The topological polar surface area (TPSA) is 111 Å². The Labute approximate surface area is 172 Å². The number of rotatable bonds is 5. The number of fused-ring (bicyclic) bond motifs is 1. The van der Waals surface area contributed by atoms with E-state index in [2.05, 4.69) is 20.1 Å². The van der Waals surface area contributed by atoms with Crippen LogP contribution in [0.15, 0.2) is 24.3 Å². The Morgan fingerprint density at radius 2 is 1.37 bits per heavy atom. The Morgan fingerprint density at radius 1 is 0.800 bits per heavy atom. The van der Waals surface area contributed by atoms with Crippen LogP contribution in [0.4, 0.5) is 17.8 Å². The molecule has 0 bridgehead atoms. The fourth-order valence-corrected chi connectivity index (χ4v) is 3.63. The number of ether oxygens (including phenoxy) is 2. The zero-order valence-electron chi connectivity index (χ0n) is 16.4. The Kier molecular flexibility index (Phi) is 5.11. The minimum atomic E-state index is 0.359. The van der Waals surface area contributed by atoms with Crippen LogP contribution < -0.4 is 15.1 Å². The fraction of sp³-hybridized carbons (Fsp3) is 0.421. The molecule has 30 heavy (non-hydrogen) atoms. The van der Waals surface area contributed by atoms with Crippen molar-refractivity contribution >= 4 is 35.3 Å². The first-order valence-corrected chi connectivity index (χ1v) is 9.93. The van der Waals surface area contributed by atoms with Gasteiger partial charge in [-0.15, -0.1) is 0 Å². The molecule has 0 atom stereocenters. The summed E-state index contributed by atoms with van der Waals surface area (Å²) < 4.78 is 12.7. The summed E-state index contributed by atoms with van der Waals surface area (Å²) in [5.41, 5.74) is 1.54. The minimum absolute atomic E-state index is 0.359. The fourth-order valence-electron chi connectivity index (χ4n) is 3.63. The SMILES string of the molecule is O=CNc1nc2ccccc2n1-c1nc(N2CCOCC2)nc(N2CCOCC2)n1. The first kappa shape index (κ1) is 18.7. The molecule has 2 fully saturated rings. The van der Waals surface area contributed by atoms with Crippen LogP contribution in [0, 0.1) is 0 Å². The van der Waals surface area contributed by atoms with Gasteiger partial charge in [-0.25, -0.2) is 9.55 Å². The van der Waals surface area contributed by atoms with E-state index in [1.54, 1.807) is 4.57 Å². The van der Waals surface area contributed by atoms with Crippen molar-refractivity contribution in [3.63, 3.8) is 0 Å². The molecule has 11 heteroatoms. The van der Waals surface area contributed by atoms with Gasteiger partial charge in [-0.2, -0.15) is 15.0 Å². The molecule has 0 spiro atoms. The van der Waals surface area contributed by atoms with Gasteiger partial charge in [0.15, 0.2) is 0 Å². The molecule has 2 saturated heterocycles. The van der Waals surface area contributed by atoms with Crippen LogP contribution in [0.3, 0.4) is 0 Å². The predicted octanol–water partition coefficient (Wildman–Crippen LogP) is 0.452. The number of nitrogens with zero attached hydrogens (tertiary/aromatic N) is 7. The van der Waals surface area contributed by atoms with Gasteiger partial charge < -0.3 is 19.3 Å². The zero-order chi connectivity index (χ0) is 20.3. The number of carbonyl (C=O) groups excluding carboxylic acids is 1. The largest absolute Gasteiger partial charge is 0.378 e. The Morgan fingerprint density at radius 3 is 1.97 bits per heavy atom. The molecule has 1 N–H and O–H groups in total. The summed E-state index contributed by atoms with van der Waals surface area (Å²) in [5.74, 6) is 1.93. The molecule has 0 aliphatic carbocycles. The van der Waals surface area contributed by atoms with Gasteiger partial charge in [0.1, 0.15) is 0 Å². The summed E-state index contributed by atoms with van der Waals surface area (Å²) in [6.07, 6.45) is 0.602. The average molecular weight is 410 g/mol. The molecular formula is C19H22N8O3. The predicted molar refractivity (Wildman–Crippen MR) is 110 cm³/mol. The highest BCUT2D eigenvalue weighted by Crippen LogP contribution is 2.25. The first-order valence-electron chi connectivity index (χ1n) is 9.93. The molecule has 11 nitrogen and oxygen atoms in total. The van der Waals surface area contributed by atoms with E-state index in [0.29, 0.717) is 82.8 Å². The van der Waals surface area contributed by atoms with E-state index in [1.165, 1.54) is 0 Å². The number of hydrogen-bond donors (Lipinski definition) is 1. The van der Waals surface area contributed by atoms with Crippen LogP contribution >= 0.6 is 0 Å². The van der Waals surface area contributed by atoms with Crippen molar-refractivity contribution < 1.29 is 14.3 Å². The van der Waals surface area contributed by atoms with Crippen LogP contribution in [-0.4, -0.2) is 83.5 Å². The Hall–Kier alpha value is -3.31. The number of nitrogens with one attached hydrogen (secondary N) is 1. The van der Waals surface area contributed by atoms with Gasteiger partial charge in [-0.1, -0.05) is 12.1 Å². The maximum absolute atomic E-state index is 11.2. The van der Waals surface area contributed by atoms with Crippen LogP contribution in [0.5, 0.6) is 0 Å². The van der Waals surface area contributed by atoms with Gasteiger partial charge in [0.2, 0.25) is 30.2 Å². The summed E-state index contributed by atoms with van der Waals surface area (Å²) in [7, 11) is 0. The quantitative estimate of drug-likeness (QED) is 0.600. The number of amides is 1. The summed E-state index contributed by atoms with van der Waals surface area (Å²) in [6, 6.07) is 7.62. The molecule has 0 saturated carbocycles. The van der Waals surface area contributed by atoms with E-state index in [0.717, 1.165) is 11.0 Å². The lowest BCUT2D eigenvalue weighted by Crippen LogP contribution is -2.40. The van der Waals surface area contributed by atoms with Crippen LogP contribution in [0.2, 0.25) is 0 Å². The maximum Gasteiger partial charge on any atom is 0.243 e. The molecule has 0 radical (unpaired) electrons. The minimum Gasteiger partial charge on any atom is -0.378 e. The molecule has 4 heterocycles. The molecule has 3 aromatic rings. The highest BCUT2D eigenvalue weighted by atomic mass is 16.5. The number of benzene rings is 1. The normalized spacial score (nSPS) is 17.3. The zero-order valence-corrected chi connectivity index (χ0v) is 16.4. The van der Waals surface area contributed by atoms with Crippen LogP contribution in [-0.2, 0) is 14.3 Å². The second kappa shape index (κ2) is 8.20. The monoisotopic (exact) mass is 410 g/mol. The molecular weight excluding hydrogens is 388 g/mol. The van der Waals surface area contributed by atoms with E-state index >= 15 is 0 Å². The smallest absolute Gasteiger partial charge is 0.243 e. The van der Waals surface area contributed by atoms with Crippen molar-refractivity contribution in [2.75, 3.05) is 67.7 Å². The van der Waals surface area contributed by atoms with Crippen molar-refractivity contribution in [3.8, 4) is 5.95 Å². The molecule has 1 amide bonds. The van der Waals surface area contributed by atoms with E-state index in [-0.39, 0.29) is 0 Å². The summed E-state index contributed by atoms with van der Waals surface area (Å²) >= 11 is 0. The van der Waals surface area contributed by atoms with Gasteiger partial charge in [0, 0.05) is 26.2 Å². The van der Waals surface area contributed by atoms with Crippen molar-refractivity contribution in [1.82, 2.24) is 24.5 Å². The molecule has 5 rings (SSSR count). The lowest BCUT2D eigenvalue weighted by Gasteiger charge is -2.30. The van der Waals surface area contributed by atoms with Gasteiger partial charge >= 0.3 is 0 Å². The third-order valence-electron chi connectivity index (χ3n) is 5.14. The number of aromatic nitrogens is 5. The lowest BCUT2D eigenvalue weighted by atomic mass is 10.3. The van der Waals surface area contributed by atoms with Gasteiger partial charge in [0.05, 0.1) is 37.5 Å². The van der Waals surface area contributed by atoms with Crippen LogP contribution in [0.25, 0.3) is 17.0 Å². The second-order valence-corrected chi connectivity index (χ2v) is 6.96. The highest BCUT2D eigenvalue weighted by Gasteiger charge is 2.23. The molecule has 2 aromatic heterocycles. The number of morpholine rings is 2. The summed E-state index contributed by atoms with van der Waals surface area (Å²) in [4.78, 5) is 34.1. The van der Waals surface area contributed by atoms with E-state index in [9.17, 15) is 4.79 Å². The number of imidazole rings is 1. The van der Waals surface area contributed by atoms with Gasteiger partial charge in [-0.3, -0.25) is 10.1 Å². The number of hydrogen-bond acceptors (Lipinski definition) is 9. The second-order valence-electron chi connectivity index (χ2n) is 6.96. The third-order valence-corrected chi connectivity index (χ3v) is 5.14. The van der Waals surface area contributed by atoms with Gasteiger partial charge in [0.25, 0.3) is 0 Å². The summed E-state index contributed by atoms with van der Waals surface area (Å²) in [6.45, 7) is 5.32. The average Bonchev–Trinajstić information content (AvgIpc) is 3.18.